The highest BCUT2D eigenvalue weighted by Gasteiger charge is 2.20. The summed E-state index contributed by atoms with van der Waals surface area (Å²) in [5.74, 6) is -1.91. The molecule has 0 aromatic heterocycles. The molecule has 2 rings (SSSR count). The Bertz CT molecular complexity index is 1040. The number of hydrogen-bond donors (Lipinski definition) is 3. The van der Waals surface area contributed by atoms with Gasteiger partial charge in [-0.15, -0.1) is 0 Å². The number of primary sulfonamides is 1. The number of primary amides is 1. The van der Waals surface area contributed by atoms with Gasteiger partial charge in [0.25, 0.3) is 11.8 Å². The molecule has 0 saturated heterocycles. The molecule has 2 aromatic rings. The van der Waals surface area contributed by atoms with Crippen molar-refractivity contribution in [3.8, 4) is 5.75 Å². The SMILES string of the molecule is CC(OC(=O)c1cccc(OCC(N)=O)c1)C(=O)Nc1cccc(S(N)(=O)=O)c1. The molecular weight excluding hydrogens is 402 g/mol. The molecule has 0 fully saturated rings. The highest BCUT2D eigenvalue weighted by molar-refractivity contribution is 7.89. The average Bonchev–Trinajstić information content (AvgIpc) is 2.66. The van der Waals surface area contributed by atoms with Crippen LogP contribution in [0, 0.1) is 0 Å². The Morgan fingerprint density at radius 3 is 2.45 bits per heavy atom. The van der Waals surface area contributed by atoms with Crippen LogP contribution in [0.1, 0.15) is 17.3 Å². The molecule has 11 heteroatoms. The molecule has 154 valence electrons. The van der Waals surface area contributed by atoms with Gasteiger partial charge in [0.15, 0.2) is 12.7 Å². The Morgan fingerprint density at radius 2 is 1.79 bits per heavy atom. The normalized spacial score (nSPS) is 11.9. The maximum atomic E-state index is 12.2. The fraction of sp³-hybridized carbons (Fsp3) is 0.167. The minimum Gasteiger partial charge on any atom is -0.484 e. The third-order valence-electron chi connectivity index (χ3n) is 3.53. The predicted octanol–water partition coefficient (Wildman–Crippen LogP) is 0.382. The molecule has 0 aliphatic rings. The third kappa shape index (κ3) is 6.59. The number of amides is 2. The molecule has 0 heterocycles. The van der Waals surface area contributed by atoms with Crippen molar-refractivity contribution >= 4 is 33.5 Å². The second-order valence-electron chi connectivity index (χ2n) is 5.89. The minimum atomic E-state index is -3.93. The number of anilines is 1. The summed E-state index contributed by atoms with van der Waals surface area (Å²) in [6.07, 6.45) is -1.18. The summed E-state index contributed by atoms with van der Waals surface area (Å²) in [6, 6.07) is 11.1. The quantitative estimate of drug-likeness (QED) is 0.518. The molecular formula is C18H19N3O7S. The highest BCUT2D eigenvalue weighted by Crippen LogP contribution is 2.17. The van der Waals surface area contributed by atoms with Crippen molar-refractivity contribution < 1.29 is 32.3 Å². The van der Waals surface area contributed by atoms with Gasteiger partial charge in [0, 0.05) is 5.69 Å². The van der Waals surface area contributed by atoms with Gasteiger partial charge < -0.3 is 20.5 Å². The summed E-state index contributed by atoms with van der Waals surface area (Å²) in [4.78, 5) is 35.1. The van der Waals surface area contributed by atoms with Crippen molar-refractivity contribution in [2.24, 2.45) is 10.9 Å². The van der Waals surface area contributed by atoms with Gasteiger partial charge in [-0.1, -0.05) is 12.1 Å². The first-order valence-corrected chi connectivity index (χ1v) is 9.77. The van der Waals surface area contributed by atoms with E-state index < -0.39 is 33.9 Å². The number of carbonyl (C=O) groups excluding carboxylic acids is 3. The van der Waals surface area contributed by atoms with Crippen LogP contribution in [0.15, 0.2) is 53.4 Å². The van der Waals surface area contributed by atoms with E-state index in [-0.39, 0.29) is 28.5 Å². The molecule has 0 saturated carbocycles. The topological polar surface area (TPSA) is 168 Å². The average molecular weight is 421 g/mol. The number of hydrogen-bond acceptors (Lipinski definition) is 7. The zero-order valence-electron chi connectivity index (χ0n) is 15.3. The van der Waals surface area contributed by atoms with Crippen molar-refractivity contribution in [3.63, 3.8) is 0 Å². The molecule has 1 unspecified atom stereocenters. The van der Waals surface area contributed by atoms with Crippen LogP contribution in [0.4, 0.5) is 5.69 Å². The fourth-order valence-electron chi connectivity index (χ4n) is 2.14. The smallest absolute Gasteiger partial charge is 0.339 e. The minimum absolute atomic E-state index is 0.0999. The Morgan fingerprint density at radius 1 is 1.10 bits per heavy atom. The van der Waals surface area contributed by atoms with Crippen molar-refractivity contribution in [3.05, 3.63) is 54.1 Å². The first-order chi connectivity index (χ1) is 13.6. The predicted molar refractivity (Wildman–Crippen MR) is 102 cm³/mol. The van der Waals surface area contributed by atoms with E-state index in [0.29, 0.717) is 0 Å². The maximum absolute atomic E-state index is 12.2. The van der Waals surface area contributed by atoms with Crippen LogP contribution >= 0.6 is 0 Å². The monoisotopic (exact) mass is 421 g/mol. The van der Waals surface area contributed by atoms with E-state index in [2.05, 4.69) is 5.32 Å². The summed E-state index contributed by atoms with van der Waals surface area (Å²) in [7, 11) is -3.93. The number of benzene rings is 2. The molecule has 2 amide bonds. The summed E-state index contributed by atoms with van der Waals surface area (Å²) in [5, 5.41) is 7.49. The van der Waals surface area contributed by atoms with Crippen molar-refractivity contribution in [2.75, 3.05) is 11.9 Å². The lowest BCUT2D eigenvalue weighted by atomic mass is 10.2. The number of nitrogens with one attached hydrogen (secondary N) is 1. The van der Waals surface area contributed by atoms with Crippen LogP contribution in [0.3, 0.4) is 0 Å². The fourth-order valence-corrected chi connectivity index (χ4v) is 2.70. The van der Waals surface area contributed by atoms with Crippen LogP contribution in [0.2, 0.25) is 0 Å². The molecule has 0 aliphatic carbocycles. The first-order valence-electron chi connectivity index (χ1n) is 8.22. The van der Waals surface area contributed by atoms with Gasteiger partial charge in [0.1, 0.15) is 5.75 Å². The second kappa shape index (κ2) is 9.17. The van der Waals surface area contributed by atoms with Crippen molar-refractivity contribution in [2.45, 2.75) is 17.9 Å². The molecule has 0 spiro atoms. The van der Waals surface area contributed by atoms with Gasteiger partial charge in [0.05, 0.1) is 10.5 Å². The van der Waals surface area contributed by atoms with E-state index in [1.165, 1.54) is 55.5 Å². The van der Waals surface area contributed by atoms with Crippen LogP contribution in [0.5, 0.6) is 5.75 Å². The Hall–Kier alpha value is -3.44. The van der Waals surface area contributed by atoms with E-state index in [1.807, 2.05) is 0 Å². The molecule has 5 N–H and O–H groups in total. The summed E-state index contributed by atoms with van der Waals surface area (Å²) in [5.41, 5.74) is 5.27. The zero-order chi connectivity index (χ0) is 21.6. The molecule has 29 heavy (non-hydrogen) atoms. The summed E-state index contributed by atoms with van der Waals surface area (Å²) < 4.78 is 33.0. The molecule has 0 aliphatic heterocycles. The van der Waals surface area contributed by atoms with E-state index in [0.717, 1.165) is 0 Å². The standard InChI is InChI=1S/C18H19N3O7S/c1-11(17(23)21-13-5-3-7-15(9-13)29(20,25)26)28-18(24)12-4-2-6-14(8-12)27-10-16(19)22/h2-9,11H,10H2,1H3,(H2,19,22)(H,21,23)(H2,20,25,26). The number of sulfonamides is 1. The summed E-state index contributed by atoms with van der Waals surface area (Å²) in [6.45, 7) is 0.999. The van der Waals surface area contributed by atoms with Gasteiger partial charge in [-0.25, -0.2) is 18.4 Å². The van der Waals surface area contributed by atoms with E-state index in [9.17, 15) is 22.8 Å². The molecule has 10 nitrogen and oxygen atoms in total. The van der Waals surface area contributed by atoms with Crippen molar-refractivity contribution in [1.82, 2.24) is 0 Å². The Balaban J connectivity index is 2.01. The van der Waals surface area contributed by atoms with Crippen LogP contribution in [-0.2, 0) is 24.3 Å². The number of esters is 1. The summed E-state index contributed by atoms with van der Waals surface area (Å²) >= 11 is 0. The number of nitrogens with two attached hydrogens (primary N) is 2. The van der Waals surface area contributed by atoms with Gasteiger partial charge in [0.2, 0.25) is 10.0 Å². The Labute approximate surface area is 166 Å². The maximum Gasteiger partial charge on any atom is 0.339 e. The lowest BCUT2D eigenvalue weighted by molar-refractivity contribution is -0.123. The Kier molecular flexibility index (Phi) is 6.91. The molecule has 0 radical (unpaired) electrons. The van der Waals surface area contributed by atoms with Crippen LogP contribution in [-0.4, -0.2) is 38.9 Å². The molecule has 2 aromatic carbocycles. The van der Waals surface area contributed by atoms with Crippen LogP contribution < -0.4 is 20.9 Å². The van der Waals surface area contributed by atoms with E-state index in [1.54, 1.807) is 0 Å². The number of carbonyl (C=O) groups is 3. The van der Waals surface area contributed by atoms with E-state index in [4.69, 9.17) is 20.3 Å². The number of ether oxygens (including phenoxy) is 2. The zero-order valence-corrected chi connectivity index (χ0v) is 16.1. The lowest BCUT2D eigenvalue weighted by Crippen LogP contribution is -2.30. The van der Waals surface area contributed by atoms with Crippen molar-refractivity contribution in [1.29, 1.82) is 0 Å². The molecule has 0 bridgehead atoms. The van der Waals surface area contributed by atoms with E-state index >= 15 is 0 Å². The van der Waals surface area contributed by atoms with Gasteiger partial charge in [-0.05, 0) is 43.3 Å². The third-order valence-corrected chi connectivity index (χ3v) is 4.44. The van der Waals surface area contributed by atoms with Gasteiger partial charge >= 0.3 is 5.97 Å². The lowest BCUT2D eigenvalue weighted by Gasteiger charge is -2.14. The second-order valence-corrected chi connectivity index (χ2v) is 7.45. The number of rotatable bonds is 8. The first kappa shape index (κ1) is 21.9. The molecule has 1 atom stereocenters. The highest BCUT2D eigenvalue weighted by atomic mass is 32.2. The largest absolute Gasteiger partial charge is 0.484 e. The van der Waals surface area contributed by atoms with Crippen LogP contribution in [0.25, 0.3) is 0 Å². The van der Waals surface area contributed by atoms with Gasteiger partial charge in [-0.2, -0.15) is 0 Å². The van der Waals surface area contributed by atoms with Gasteiger partial charge in [-0.3, -0.25) is 9.59 Å².